The molecule has 2 atom stereocenters. The average molecular weight is 605 g/mol. The van der Waals surface area contributed by atoms with E-state index in [4.69, 9.17) is 26.1 Å². The molecule has 10 heteroatoms. The maximum absolute atomic E-state index is 14.0. The Morgan fingerprint density at radius 1 is 1.14 bits per heavy atom. The molecule has 224 valence electrons. The highest BCUT2D eigenvalue weighted by Crippen LogP contribution is 2.49. The number of fused-ring (bicyclic) bond motifs is 2. The number of ether oxygens (including phenoxy) is 2. The maximum atomic E-state index is 14.0. The Kier molecular flexibility index (Phi) is 7.15. The Morgan fingerprint density at radius 3 is 2.63 bits per heavy atom. The Morgan fingerprint density at radius 2 is 1.93 bits per heavy atom. The van der Waals surface area contributed by atoms with Crippen molar-refractivity contribution in [3.05, 3.63) is 88.5 Å². The highest BCUT2D eigenvalue weighted by Gasteiger charge is 2.45. The lowest BCUT2D eigenvalue weighted by molar-refractivity contribution is -0.244. The molecule has 4 aromatic rings. The predicted octanol–water partition coefficient (Wildman–Crippen LogP) is 6.77. The van der Waals surface area contributed by atoms with Gasteiger partial charge in [-0.3, -0.25) is 14.3 Å². The fourth-order valence-electron chi connectivity index (χ4n) is 6.52. The number of piperidine rings is 1. The highest BCUT2D eigenvalue weighted by molar-refractivity contribution is 6.30. The molecule has 2 fully saturated rings. The number of halogens is 2. The van der Waals surface area contributed by atoms with Crippen molar-refractivity contribution in [2.45, 2.75) is 57.6 Å². The zero-order valence-corrected chi connectivity index (χ0v) is 24.8. The fraction of sp³-hybridized carbons (Fsp3) is 0.424. The number of pyridine rings is 1. The van der Waals surface area contributed by atoms with Gasteiger partial charge in [0.25, 0.3) is 5.79 Å². The monoisotopic (exact) mass is 604 g/mol. The first-order valence-electron chi connectivity index (χ1n) is 14.8. The molecule has 1 aliphatic carbocycles. The number of carboxylic acids is 1. The number of carbonyl (C=O) groups is 1. The molecule has 1 N–H and O–H groups in total. The second-order valence-electron chi connectivity index (χ2n) is 12.4. The van der Waals surface area contributed by atoms with Crippen LogP contribution in [-0.2, 0) is 23.6 Å². The zero-order chi connectivity index (χ0) is 29.8. The number of rotatable bonds is 8. The third-order valence-corrected chi connectivity index (χ3v) is 9.53. The molecule has 2 aromatic heterocycles. The first-order valence-corrected chi connectivity index (χ1v) is 15.2. The molecule has 8 nitrogen and oxygen atoms in total. The Labute approximate surface area is 254 Å². The van der Waals surface area contributed by atoms with E-state index in [-0.39, 0.29) is 29.7 Å². The van der Waals surface area contributed by atoms with Crippen molar-refractivity contribution in [2.24, 2.45) is 11.3 Å². The molecule has 4 heterocycles. The summed E-state index contributed by atoms with van der Waals surface area (Å²) >= 11 is 6.10. The highest BCUT2D eigenvalue weighted by atomic mass is 35.5. The molecular formula is C33H34ClFN4O4. The second-order valence-corrected chi connectivity index (χ2v) is 12.8. The van der Waals surface area contributed by atoms with Crippen molar-refractivity contribution < 1.29 is 23.8 Å². The lowest BCUT2D eigenvalue weighted by atomic mass is 9.86. The number of aromatic carboxylic acids is 1. The van der Waals surface area contributed by atoms with Crippen LogP contribution in [0.5, 0.6) is 5.75 Å². The summed E-state index contributed by atoms with van der Waals surface area (Å²) in [5.41, 5.74) is 3.06. The van der Waals surface area contributed by atoms with Crippen molar-refractivity contribution in [1.29, 1.82) is 0 Å². The number of hydrogen-bond acceptors (Lipinski definition) is 6. The maximum Gasteiger partial charge on any atom is 0.335 e. The largest absolute Gasteiger partial charge is 0.478 e. The van der Waals surface area contributed by atoms with E-state index < -0.39 is 11.8 Å². The Hall–Kier alpha value is -3.53. The van der Waals surface area contributed by atoms with E-state index in [1.54, 1.807) is 30.5 Å². The summed E-state index contributed by atoms with van der Waals surface area (Å²) < 4.78 is 29.1. The standard InChI is InChI=1S/C33H34ClFN4O4/c1-32(28-9-7-23(34)17-36-28)42-27-5-3-2-4-24(27)30(43-32)21-10-14-38(15-11-21)18-29-37-25-8-6-22(31(40)41)16-26(25)39(29)20-33(19-35)12-13-33/h2-9,16-17,21,30H,10-15,18-20H2,1H3,(H,40,41)/t30-,32+/m0/s1. The fourth-order valence-corrected chi connectivity index (χ4v) is 6.63. The molecule has 0 amide bonds. The Bertz CT molecular complexity index is 1670. The zero-order valence-electron chi connectivity index (χ0n) is 24.0. The van der Waals surface area contributed by atoms with Crippen LogP contribution in [0.2, 0.25) is 5.02 Å². The lowest BCUT2D eigenvalue weighted by Gasteiger charge is -2.44. The molecule has 0 spiro atoms. The van der Waals surface area contributed by atoms with E-state index in [2.05, 4.69) is 20.5 Å². The molecule has 7 rings (SSSR count). The number of para-hydroxylation sites is 1. The first kappa shape index (κ1) is 28.3. The topological polar surface area (TPSA) is 89.7 Å². The minimum Gasteiger partial charge on any atom is -0.478 e. The summed E-state index contributed by atoms with van der Waals surface area (Å²) in [5, 5.41) is 10.1. The molecule has 0 radical (unpaired) electrons. The summed E-state index contributed by atoms with van der Waals surface area (Å²) in [6.45, 7) is 4.35. The second kappa shape index (κ2) is 10.9. The van der Waals surface area contributed by atoms with Crippen LogP contribution in [0.1, 0.15) is 66.2 Å². The van der Waals surface area contributed by atoms with Crippen LogP contribution < -0.4 is 4.74 Å². The van der Waals surface area contributed by atoms with Crippen LogP contribution in [0.25, 0.3) is 11.0 Å². The van der Waals surface area contributed by atoms with Crippen molar-refractivity contribution in [3.63, 3.8) is 0 Å². The van der Waals surface area contributed by atoms with Gasteiger partial charge in [-0.05, 0) is 81.1 Å². The molecule has 3 aliphatic rings. The van der Waals surface area contributed by atoms with Gasteiger partial charge in [0.15, 0.2) is 0 Å². The third-order valence-electron chi connectivity index (χ3n) is 9.31. The summed E-state index contributed by atoms with van der Waals surface area (Å²) in [4.78, 5) is 23.5. The van der Waals surface area contributed by atoms with E-state index in [9.17, 15) is 14.3 Å². The predicted molar refractivity (Wildman–Crippen MR) is 160 cm³/mol. The molecule has 1 saturated heterocycles. The van der Waals surface area contributed by atoms with Crippen LogP contribution in [0.15, 0.2) is 60.8 Å². The van der Waals surface area contributed by atoms with E-state index in [1.807, 2.05) is 31.2 Å². The van der Waals surface area contributed by atoms with Gasteiger partial charge in [0.2, 0.25) is 0 Å². The minimum absolute atomic E-state index is 0.159. The number of hydrogen-bond donors (Lipinski definition) is 1. The number of benzene rings is 2. The smallest absolute Gasteiger partial charge is 0.335 e. The molecule has 2 aliphatic heterocycles. The Balaban J connectivity index is 1.11. The molecule has 1 saturated carbocycles. The van der Waals surface area contributed by atoms with Crippen molar-refractivity contribution in [2.75, 3.05) is 19.8 Å². The van der Waals surface area contributed by atoms with Gasteiger partial charge < -0.3 is 19.1 Å². The SMILES string of the molecule is C[C@@]1(c2ccc(Cl)cn2)Oc2ccccc2[C@H](C2CCN(Cc3nc4ccc(C(=O)O)cc4n3CC3(CF)CC3)CC2)O1. The van der Waals surface area contributed by atoms with Gasteiger partial charge in [0.05, 0.1) is 40.9 Å². The number of nitrogens with zero attached hydrogens (tertiary/aromatic N) is 4. The van der Waals surface area contributed by atoms with Crippen molar-refractivity contribution in [1.82, 2.24) is 19.4 Å². The van der Waals surface area contributed by atoms with Crippen molar-refractivity contribution in [3.8, 4) is 5.75 Å². The van der Waals surface area contributed by atoms with E-state index in [0.717, 1.165) is 66.9 Å². The normalized spacial score (nSPS) is 23.6. The van der Waals surface area contributed by atoms with Gasteiger partial charge in [-0.15, -0.1) is 0 Å². The van der Waals surface area contributed by atoms with Crippen LogP contribution in [0, 0.1) is 11.3 Å². The lowest BCUT2D eigenvalue weighted by Crippen LogP contribution is -2.43. The third kappa shape index (κ3) is 5.39. The quantitative estimate of drug-likeness (QED) is 0.237. The number of alkyl halides is 1. The summed E-state index contributed by atoms with van der Waals surface area (Å²) in [7, 11) is 0. The number of likely N-dealkylation sites (tertiary alicyclic amines) is 1. The van der Waals surface area contributed by atoms with Gasteiger partial charge in [0.1, 0.15) is 17.3 Å². The number of carboxylic acid groups (broad SMARTS) is 1. The van der Waals surface area contributed by atoms with Crippen LogP contribution >= 0.6 is 11.6 Å². The van der Waals surface area contributed by atoms with Gasteiger partial charge >= 0.3 is 5.97 Å². The first-order chi connectivity index (χ1) is 20.8. The summed E-state index contributed by atoms with van der Waals surface area (Å²) in [6.07, 6.45) is 4.96. The number of imidazole rings is 1. The van der Waals surface area contributed by atoms with Crippen molar-refractivity contribution >= 4 is 28.6 Å². The molecule has 0 bridgehead atoms. The van der Waals surface area contributed by atoms with Crippen LogP contribution in [0.3, 0.4) is 0 Å². The minimum atomic E-state index is -1.05. The van der Waals surface area contributed by atoms with E-state index in [1.165, 1.54) is 0 Å². The van der Waals surface area contributed by atoms with Gasteiger partial charge in [-0.2, -0.15) is 0 Å². The molecule has 43 heavy (non-hydrogen) atoms. The number of aromatic nitrogens is 3. The van der Waals surface area contributed by atoms with E-state index in [0.29, 0.717) is 23.8 Å². The van der Waals surface area contributed by atoms with Crippen LogP contribution in [0.4, 0.5) is 4.39 Å². The van der Waals surface area contributed by atoms with E-state index >= 15 is 0 Å². The summed E-state index contributed by atoms with van der Waals surface area (Å²) in [5.74, 6) is -0.104. The molecule has 0 unspecified atom stereocenters. The van der Waals surface area contributed by atoms with Gasteiger partial charge in [-0.25, -0.2) is 9.78 Å². The molecular weight excluding hydrogens is 571 g/mol. The van der Waals surface area contributed by atoms with Gasteiger partial charge in [-0.1, -0.05) is 29.8 Å². The average Bonchev–Trinajstić information content (AvgIpc) is 3.72. The van der Waals surface area contributed by atoms with Gasteiger partial charge in [0, 0.05) is 30.6 Å². The molecule has 2 aromatic carbocycles. The summed E-state index contributed by atoms with van der Waals surface area (Å²) in [6, 6.07) is 16.7. The van der Waals surface area contributed by atoms with Crippen LogP contribution in [-0.4, -0.2) is 50.3 Å².